The predicted octanol–water partition coefficient (Wildman–Crippen LogP) is 5.97. The van der Waals surface area contributed by atoms with Gasteiger partial charge in [0.2, 0.25) is 0 Å². The molecule has 0 aliphatic rings. The Hall–Kier alpha value is -1.66. The van der Waals surface area contributed by atoms with E-state index >= 15 is 0 Å². The Morgan fingerprint density at radius 2 is 1.96 bits per heavy atom. The molecule has 0 bridgehead atoms. The highest BCUT2D eigenvalue weighted by molar-refractivity contribution is 7.98. The Labute approximate surface area is 156 Å². The Morgan fingerprint density at radius 3 is 2.60 bits per heavy atom. The van der Waals surface area contributed by atoms with Gasteiger partial charge in [0.1, 0.15) is 5.82 Å². The van der Waals surface area contributed by atoms with Crippen LogP contribution in [0.5, 0.6) is 0 Å². The number of halogens is 1. The molecule has 0 aliphatic carbocycles. The molecule has 0 spiro atoms. The fourth-order valence-electron chi connectivity index (χ4n) is 2.54. The van der Waals surface area contributed by atoms with Crippen LogP contribution in [-0.2, 0) is 12.3 Å². The molecule has 25 heavy (non-hydrogen) atoms. The summed E-state index contributed by atoms with van der Waals surface area (Å²) in [6.45, 7) is 7.46. The summed E-state index contributed by atoms with van der Waals surface area (Å²) in [7, 11) is 0. The van der Waals surface area contributed by atoms with E-state index in [0.717, 1.165) is 40.8 Å². The molecule has 132 valence electrons. The second-order valence-corrected chi connectivity index (χ2v) is 8.15. The van der Waals surface area contributed by atoms with E-state index in [9.17, 15) is 4.39 Å². The van der Waals surface area contributed by atoms with Crippen molar-refractivity contribution in [3.63, 3.8) is 0 Å². The Kier molecular flexibility index (Phi) is 5.91. The van der Waals surface area contributed by atoms with Crippen LogP contribution in [0.4, 0.5) is 4.39 Å². The van der Waals surface area contributed by atoms with Gasteiger partial charge in [0, 0.05) is 28.1 Å². The molecule has 0 saturated carbocycles. The van der Waals surface area contributed by atoms with Crippen molar-refractivity contribution < 1.29 is 4.39 Å². The lowest BCUT2D eigenvalue weighted by atomic mass is 10.1. The maximum absolute atomic E-state index is 13.0. The average Bonchev–Trinajstić information content (AvgIpc) is 3.22. The van der Waals surface area contributed by atoms with Gasteiger partial charge in [-0.1, -0.05) is 44.7 Å². The molecule has 2 aromatic heterocycles. The molecule has 2 heterocycles. The van der Waals surface area contributed by atoms with Crippen LogP contribution in [0, 0.1) is 5.82 Å². The summed E-state index contributed by atoms with van der Waals surface area (Å²) < 4.78 is 15.2. The number of hydrogen-bond donors (Lipinski definition) is 0. The molecule has 3 rings (SSSR count). The summed E-state index contributed by atoms with van der Waals surface area (Å²) in [6, 6.07) is 8.85. The maximum atomic E-state index is 13.0. The molecule has 0 unspecified atom stereocenters. The van der Waals surface area contributed by atoms with Gasteiger partial charge in [0.15, 0.2) is 11.0 Å². The predicted molar refractivity (Wildman–Crippen MR) is 104 cm³/mol. The topological polar surface area (TPSA) is 30.7 Å². The Morgan fingerprint density at radius 1 is 1.20 bits per heavy atom. The van der Waals surface area contributed by atoms with Crippen molar-refractivity contribution in [3.05, 3.63) is 52.0 Å². The molecule has 0 saturated heterocycles. The lowest BCUT2D eigenvalue weighted by Crippen LogP contribution is -2.01. The largest absolute Gasteiger partial charge is 0.302 e. The number of aromatic nitrogens is 3. The van der Waals surface area contributed by atoms with Gasteiger partial charge in [-0.2, -0.15) is 0 Å². The first kappa shape index (κ1) is 18.1. The van der Waals surface area contributed by atoms with Crippen molar-refractivity contribution >= 4 is 23.1 Å². The van der Waals surface area contributed by atoms with Crippen molar-refractivity contribution in [2.75, 3.05) is 0 Å². The van der Waals surface area contributed by atoms with E-state index in [1.807, 2.05) is 12.1 Å². The third kappa shape index (κ3) is 4.30. The summed E-state index contributed by atoms with van der Waals surface area (Å²) in [5.41, 5.74) is 2.22. The molecule has 6 heteroatoms. The lowest BCUT2D eigenvalue weighted by Gasteiger charge is -2.08. The zero-order chi connectivity index (χ0) is 17.8. The normalized spacial score (nSPS) is 11.4. The van der Waals surface area contributed by atoms with Gasteiger partial charge in [0.25, 0.3) is 0 Å². The average molecular weight is 376 g/mol. The Balaban J connectivity index is 1.82. The highest BCUT2D eigenvalue weighted by Crippen LogP contribution is 2.32. The third-order valence-corrected chi connectivity index (χ3v) is 6.16. The van der Waals surface area contributed by atoms with E-state index in [4.69, 9.17) is 0 Å². The van der Waals surface area contributed by atoms with E-state index in [2.05, 4.69) is 47.0 Å². The molecule has 1 aromatic carbocycles. The molecule has 0 N–H and O–H groups in total. The van der Waals surface area contributed by atoms with Crippen molar-refractivity contribution in [1.82, 2.24) is 14.8 Å². The van der Waals surface area contributed by atoms with Gasteiger partial charge < -0.3 is 4.57 Å². The summed E-state index contributed by atoms with van der Waals surface area (Å²) in [6.07, 6.45) is 1.02. The lowest BCUT2D eigenvalue weighted by molar-refractivity contribution is 0.625. The van der Waals surface area contributed by atoms with Crippen LogP contribution in [0.3, 0.4) is 0 Å². The molecule has 0 atom stereocenters. The van der Waals surface area contributed by atoms with Gasteiger partial charge >= 0.3 is 0 Å². The number of benzene rings is 1. The maximum Gasteiger partial charge on any atom is 0.191 e. The van der Waals surface area contributed by atoms with Gasteiger partial charge in [-0.15, -0.1) is 21.5 Å². The molecule has 0 amide bonds. The van der Waals surface area contributed by atoms with E-state index in [0.29, 0.717) is 5.92 Å². The highest BCUT2D eigenvalue weighted by atomic mass is 32.2. The minimum atomic E-state index is -0.205. The third-order valence-electron chi connectivity index (χ3n) is 3.89. The fourth-order valence-corrected chi connectivity index (χ4v) is 4.36. The first-order valence-electron chi connectivity index (χ1n) is 8.47. The fraction of sp³-hybridized carbons (Fsp3) is 0.368. The van der Waals surface area contributed by atoms with Crippen LogP contribution in [0.2, 0.25) is 0 Å². The van der Waals surface area contributed by atoms with Crippen LogP contribution in [0.1, 0.15) is 43.6 Å². The summed E-state index contributed by atoms with van der Waals surface area (Å²) in [5, 5.41) is 11.9. The van der Waals surface area contributed by atoms with Crippen LogP contribution in [0.25, 0.3) is 11.4 Å². The molecule has 0 fully saturated rings. The minimum absolute atomic E-state index is 0.205. The Bertz CT molecular complexity index is 822. The van der Waals surface area contributed by atoms with E-state index in [1.165, 1.54) is 17.0 Å². The van der Waals surface area contributed by atoms with Gasteiger partial charge in [-0.3, -0.25) is 0 Å². The van der Waals surface area contributed by atoms with Gasteiger partial charge in [-0.05, 0) is 36.1 Å². The van der Waals surface area contributed by atoms with Crippen LogP contribution in [0.15, 0.2) is 40.9 Å². The number of thioether (sulfide) groups is 1. The summed E-state index contributed by atoms with van der Waals surface area (Å²) in [4.78, 5) is 1.36. The van der Waals surface area contributed by atoms with Crippen molar-refractivity contribution in [2.24, 2.45) is 0 Å². The quantitative estimate of drug-likeness (QED) is 0.477. The van der Waals surface area contributed by atoms with E-state index < -0.39 is 0 Å². The molecule has 3 nitrogen and oxygen atoms in total. The van der Waals surface area contributed by atoms with Crippen molar-refractivity contribution in [1.29, 1.82) is 0 Å². The van der Waals surface area contributed by atoms with E-state index in [-0.39, 0.29) is 5.82 Å². The zero-order valence-electron chi connectivity index (χ0n) is 14.7. The SMILES string of the molecule is CCCn1c(SCc2ccc(F)cc2)nnc1-c1csc(C(C)C)c1. The number of thiophene rings is 1. The molecule has 0 radical (unpaired) electrons. The number of rotatable bonds is 7. The second kappa shape index (κ2) is 8.15. The van der Waals surface area contributed by atoms with Crippen LogP contribution >= 0.6 is 23.1 Å². The molecular formula is C19H22FN3S2. The first-order chi connectivity index (χ1) is 12.1. The van der Waals surface area contributed by atoms with Crippen molar-refractivity contribution in [2.45, 2.75) is 50.6 Å². The number of nitrogens with zero attached hydrogens (tertiary/aromatic N) is 3. The number of hydrogen-bond acceptors (Lipinski definition) is 4. The minimum Gasteiger partial charge on any atom is -0.302 e. The molecule has 0 aliphatic heterocycles. The second-order valence-electron chi connectivity index (χ2n) is 6.27. The summed E-state index contributed by atoms with van der Waals surface area (Å²) >= 11 is 3.42. The summed E-state index contributed by atoms with van der Waals surface area (Å²) in [5.74, 6) is 2.01. The standard InChI is InChI=1S/C19H22FN3S2/c1-4-9-23-18(15-10-17(13(2)3)24-12-15)21-22-19(23)25-11-14-5-7-16(20)8-6-14/h5-8,10,12-13H,4,9,11H2,1-3H3. The zero-order valence-corrected chi connectivity index (χ0v) is 16.3. The van der Waals surface area contributed by atoms with Crippen molar-refractivity contribution in [3.8, 4) is 11.4 Å². The highest BCUT2D eigenvalue weighted by Gasteiger charge is 2.16. The van der Waals surface area contributed by atoms with E-state index in [1.54, 1.807) is 23.1 Å². The smallest absolute Gasteiger partial charge is 0.191 e. The first-order valence-corrected chi connectivity index (χ1v) is 10.3. The molecular weight excluding hydrogens is 353 g/mol. The van der Waals surface area contributed by atoms with Gasteiger partial charge in [0.05, 0.1) is 0 Å². The molecule has 3 aromatic rings. The van der Waals surface area contributed by atoms with Crippen LogP contribution in [-0.4, -0.2) is 14.8 Å². The van der Waals surface area contributed by atoms with Gasteiger partial charge in [-0.25, -0.2) is 4.39 Å². The van der Waals surface area contributed by atoms with Crippen LogP contribution < -0.4 is 0 Å². The monoisotopic (exact) mass is 375 g/mol.